The summed E-state index contributed by atoms with van der Waals surface area (Å²) in [4.78, 5) is 26.8. The molecule has 3 rings (SSSR count). The molecule has 0 aliphatic rings. The summed E-state index contributed by atoms with van der Waals surface area (Å²) in [5.41, 5.74) is 2.35. The van der Waals surface area contributed by atoms with E-state index in [2.05, 4.69) is 15.4 Å². The van der Waals surface area contributed by atoms with Crippen molar-refractivity contribution >= 4 is 28.3 Å². The summed E-state index contributed by atoms with van der Waals surface area (Å²) >= 11 is 0. The van der Waals surface area contributed by atoms with Gasteiger partial charge in [-0.15, -0.1) is 0 Å². The van der Waals surface area contributed by atoms with Crippen LogP contribution in [0.4, 0.5) is 11.5 Å². The number of fused-ring (bicyclic) bond motifs is 1. The molecule has 0 unspecified atom stereocenters. The maximum Gasteiger partial charge on any atom is 0.389 e. The van der Waals surface area contributed by atoms with Crippen molar-refractivity contribution in [1.29, 1.82) is 0 Å². The van der Waals surface area contributed by atoms with E-state index in [9.17, 15) is 14.9 Å². The van der Waals surface area contributed by atoms with Gasteiger partial charge < -0.3 is 15.4 Å². The van der Waals surface area contributed by atoms with Crippen LogP contribution >= 0.6 is 0 Å². The molecule has 0 radical (unpaired) electrons. The number of hydrogen-bond acceptors (Lipinski definition) is 5. The molecule has 1 aromatic carbocycles. The summed E-state index contributed by atoms with van der Waals surface area (Å²) in [6.07, 6.45) is 2.15. The van der Waals surface area contributed by atoms with Gasteiger partial charge in [0.25, 0.3) is 0 Å². The maximum atomic E-state index is 12.2. The number of amides is 1. The number of carbonyl (C=O) groups is 1. The number of nitro groups is 1. The SMILES string of the molecule is CCc1cc(NC(=O)Cn2ccc([N+](=O)[O-])n2)c2ccccc2n1. The molecule has 0 fully saturated rings. The Morgan fingerprint density at radius 1 is 1.33 bits per heavy atom. The first kappa shape index (κ1) is 15.6. The predicted molar refractivity (Wildman–Crippen MR) is 88.6 cm³/mol. The van der Waals surface area contributed by atoms with Gasteiger partial charge in [-0.25, -0.2) is 0 Å². The van der Waals surface area contributed by atoms with Crippen molar-refractivity contribution in [2.24, 2.45) is 0 Å². The van der Waals surface area contributed by atoms with Crippen LogP contribution in [0.1, 0.15) is 12.6 Å². The van der Waals surface area contributed by atoms with Gasteiger partial charge in [-0.3, -0.25) is 9.78 Å². The number of aryl methyl sites for hydroxylation is 1. The molecule has 24 heavy (non-hydrogen) atoms. The van der Waals surface area contributed by atoms with Crippen LogP contribution in [0.15, 0.2) is 42.6 Å². The van der Waals surface area contributed by atoms with E-state index in [-0.39, 0.29) is 18.3 Å². The summed E-state index contributed by atoms with van der Waals surface area (Å²) in [6.45, 7) is 1.89. The molecule has 122 valence electrons. The van der Waals surface area contributed by atoms with E-state index < -0.39 is 4.92 Å². The van der Waals surface area contributed by atoms with Crippen LogP contribution in [0.3, 0.4) is 0 Å². The van der Waals surface area contributed by atoms with E-state index in [1.165, 1.54) is 16.9 Å². The van der Waals surface area contributed by atoms with Crippen molar-refractivity contribution in [3.05, 3.63) is 58.4 Å². The van der Waals surface area contributed by atoms with Crippen molar-refractivity contribution < 1.29 is 9.72 Å². The Bertz CT molecular complexity index is 919. The molecule has 1 N–H and O–H groups in total. The first-order valence-corrected chi connectivity index (χ1v) is 7.43. The zero-order valence-electron chi connectivity index (χ0n) is 13.0. The van der Waals surface area contributed by atoms with Crippen molar-refractivity contribution in [3.63, 3.8) is 0 Å². The molecule has 3 aromatic rings. The van der Waals surface area contributed by atoms with Crippen LogP contribution in [0.5, 0.6) is 0 Å². The fraction of sp³-hybridized carbons (Fsp3) is 0.188. The molecule has 1 amide bonds. The fourth-order valence-corrected chi connectivity index (χ4v) is 2.39. The van der Waals surface area contributed by atoms with E-state index in [0.717, 1.165) is 23.0 Å². The van der Waals surface area contributed by atoms with E-state index in [0.29, 0.717) is 5.69 Å². The van der Waals surface area contributed by atoms with Crippen LogP contribution in [-0.2, 0) is 17.8 Å². The predicted octanol–water partition coefficient (Wildman–Crippen LogP) is 2.54. The Morgan fingerprint density at radius 3 is 2.83 bits per heavy atom. The highest BCUT2D eigenvalue weighted by molar-refractivity contribution is 6.00. The Labute approximate surface area is 137 Å². The number of aromatic nitrogens is 3. The average Bonchev–Trinajstić information content (AvgIpc) is 3.03. The van der Waals surface area contributed by atoms with Crippen LogP contribution in [0, 0.1) is 10.1 Å². The second-order valence-corrected chi connectivity index (χ2v) is 5.21. The molecule has 2 aromatic heterocycles. The van der Waals surface area contributed by atoms with Gasteiger partial charge in [0.2, 0.25) is 5.91 Å². The van der Waals surface area contributed by atoms with Gasteiger partial charge in [0.1, 0.15) is 6.54 Å². The number of carbonyl (C=O) groups excluding carboxylic acids is 1. The van der Waals surface area contributed by atoms with E-state index >= 15 is 0 Å². The second kappa shape index (κ2) is 6.45. The van der Waals surface area contributed by atoms with Crippen molar-refractivity contribution in [1.82, 2.24) is 14.8 Å². The minimum atomic E-state index is -0.599. The molecular weight excluding hydrogens is 310 g/mol. The summed E-state index contributed by atoms with van der Waals surface area (Å²) in [5, 5.41) is 18.0. The molecule has 8 heteroatoms. The molecule has 2 heterocycles. The van der Waals surface area contributed by atoms with Gasteiger partial charge in [-0.05, 0) is 23.5 Å². The number of nitrogens with zero attached hydrogens (tertiary/aromatic N) is 4. The lowest BCUT2D eigenvalue weighted by Gasteiger charge is -2.10. The molecule has 0 aliphatic carbocycles. The van der Waals surface area contributed by atoms with Crippen molar-refractivity contribution in [2.45, 2.75) is 19.9 Å². The maximum absolute atomic E-state index is 12.2. The van der Waals surface area contributed by atoms with Crippen LogP contribution in [-0.4, -0.2) is 25.6 Å². The molecule has 0 saturated carbocycles. The quantitative estimate of drug-likeness (QED) is 0.573. The standard InChI is InChI=1S/C16H15N5O3/c1-2-11-9-14(12-5-3-4-6-13(12)17-11)18-16(22)10-20-8-7-15(19-20)21(23)24/h3-9H,2,10H2,1H3,(H,17,18,22). The number of hydrogen-bond donors (Lipinski definition) is 1. The van der Waals surface area contributed by atoms with Gasteiger partial charge in [0, 0.05) is 11.1 Å². The highest BCUT2D eigenvalue weighted by Crippen LogP contribution is 2.23. The molecular formula is C16H15N5O3. The number of para-hydroxylation sites is 1. The smallest absolute Gasteiger partial charge is 0.358 e. The highest BCUT2D eigenvalue weighted by atomic mass is 16.6. The zero-order valence-corrected chi connectivity index (χ0v) is 13.0. The lowest BCUT2D eigenvalue weighted by Crippen LogP contribution is -2.19. The summed E-state index contributed by atoms with van der Waals surface area (Å²) in [7, 11) is 0. The second-order valence-electron chi connectivity index (χ2n) is 5.21. The minimum absolute atomic E-state index is 0.105. The topological polar surface area (TPSA) is 103 Å². The van der Waals surface area contributed by atoms with Crippen LogP contribution < -0.4 is 5.32 Å². The first-order valence-electron chi connectivity index (χ1n) is 7.43. The van der Waals surface area contributed by atoms with E-state index in [4.69, 9.17) is 0 Å². The Kier molecular flexibility index (Phi) is 4.19. The summed E-state index contributed by atoms with van der Waals surface area (Å²) < 4.78 is 1.23. The number of rotatable bonds is 5. The fourth-order valence-electron chi connectivity index (χ4n) is 2.39. The third kappa shape index (κ3) is 3.22. The average molecular weight is 325 g/mol. The highest BCUT2D eigenvalue weighted by Gasteiger charge is 2.14. The molecule has 0 saturated heterocycles. The largest absolute Gasteiger partial charge is 0.389 e. The van der Waals surface area contributed by atoms with Gasteiger partial charge in [0.05, 0.1) is 28.6 Å². The van der Waals surface area contributed by atoms with Crippen LogP contribution in [0.25, 0.3) is 10.9 Å². The number of anilines is 1. The Morgan fingerprint density at radius 2 is 2.12 bits per heavy atom. The van der Waals surface area contributed by atoms with Crippen molar-refractivity contribution in [2.75, 3.05) is 5.32 Å². The van der Waals surface area contributed by atoms with Crippen LogP contribution in [0.2, 0.25) is 0 Å². The van der Waals surface area contributed by atoms with Crippen molar-refractivity contribution in [3.8, 4) is 0 Å². The molecule has 0 spiro atoms. The lowest BCUT2D eigenvalue weighted by atomic mass is 10.1. The monoisotopic (exact) mass is 325 g/mol. The van der Waals surface area contributed by atoms with Gasteiger partial charge in [-0.1, -0.05) is 25.1 Å². The molecule has 0 atom stereocenters. The number of nitrogens with one attached hydrogen (secondary N) is 1. The van der Waals surface area contributed by atoms with Gasteiger partial charge >= 0.3 is 5.82 Å². The molecule has 0 bridgehead atoms. The third-order valence-electron chi connectivity index (χ3n) is 3.52. The summed E-state index contributed by atoms with van der Waals surface area (Å²) in [6, 6.07) is 10.6. The Hall–Kier alpha value is -3.29. The zero-order chi connectivity index (χ0) is 17.1. The number of benzene rings is 1. The molecule has 0 aliphatic heterocycles. The normalized spacial score (nSPS) is 10.7. The minimum Gasteiger partial charge on any atom is -0.358 e. The molecule has 8 nitrogen and oxygen atoms in total. The third-order valence-corrected chi connectivity index (χ3v) is 3.52. The van der Waals surface area contributed by atoms with E-state index in [1.54, 1.807) is 0 Å². The van der Waals surface area contributed by atoms with Gasteiger partial charge in [-0.2, -0.15) is 4.68 Å². The number of pyridine rings is 1. The first-order chi connectivity index (χ1) is 11.6. The lowest BCUT2D eigenvalue weighted by molar-refractivity contribution is -0.389. The van der Waals surface area contributed by atoms with Gasteiger partial charge in [0.15, 0.2) is 0 Å². The summed E-state index contributed by atoms with van der Waals surface area (Å²) in [5.74, 6) is -0.600. The van der Waals surface area contributed by atoms with E-state index in [1.807, 2.05) is 37.3 Å². The Balaban J connectivity index is 1.83.